The van der Waals surface area contributed by atoms with Crippen molar-refractivity contribution in [3.63, 3.8) is 0 Å². The van der Waals surface area contributed by atoms with Crippen molar-refractivity contribution in [3.8, 4) is 11.3 Å². The number of halogens is 2. The zero-order chi connectivity index (χ0) is 28.7. The van der Waals surface area contributed by atoms with E-state index in [2.05, 4.69) is 40.5 Å². The van der Waals surface area contributed by atoms with Crippen LogP contribution in [0.15, 0.2) is 36.9 Å². The number of hydrogen-bond acceptors (Lipinski definition) is 9. The summed E-state index contributed by atoms with van der Waals surface area (Å²) < 4.78 is 34.0. The number of rotatable bonds is 7. The number of nitrogens with one attached hydrogen (secondary N) is 2. The Labute approximate surface area is 235 Å². The molecule has 6 rings (SSSR count). The second kappa shape index (κ2) is 10.5. The molecule has 0 spiro atoms. The molecule has 1 fully saturated rings. The van der Waals surface area contributed by atoms with Gasteiger partial charge in [-0.1, -0.05) is 5.21 Å². The van der Waals surface area contributed by atoms with Crippen LogP contribution in [0.25, 0.3) is 11.3 Å². The Balaban J connectivity index is 1.03. The summed E-state index contributed by atoms with van der Waals surface area (Å²) in [6.45, 7) is 6.99. The van der Waals surface area contributed by atoms with Crippen LogP contribution in [0.3, 0.4) is 0 Å². The molecule has 11 nitrogen and oxygen atoms in total. The molecule has 0 amide bonds. The minimum absolute atomic E-state index is 0.0287. The summed E-state index contributed by atoms with van der Waals surface area (Å²) in [5.74, 6) is -0.551. The zero-order valence-corrected chi connectivity index (χ0v) is 23.1. The Morgan fingerprint density at radius 1 is 1.10 bits per heavy atom. The highest BCUT2D eigenvalue weighted by Gasteiger charge is 2.29. The Kier molecular flexibility index (Phi) is 6.88. The SMILES string of the molecule is CC(C)(C)C(=O)OCn1cc(C2CCN(c3ncc(-c4cnc(NC5Cc6cc(F)c(F)cc6C5)nc4)[nH]3)C2)nn1. The molecule has 0 bridgehead atoms. The molecule has 0 radical (unpaired) electrons. The number of anilines is 2. The van der Waals surface area contributed by atoms with Crippen molar-refractivity contribution in [1.82, 2.24) is 34.9 Å². The van der Waals surface area contributed by atoms with Crippen LogP contribution in [0.1, 0.15) is 49.9 Å². The maximum absolute atomic E-state index is 13.6. The second-order valence-corrected chi connectivity index (χ2v) is 11.6. The molecule has 2 N–H and O–H groups in total. The number of carbonyl (C=O) groups excluding carboxylic acids is 1. The topological polar surface area (TPSA) is 127 Å². The molecule has 4 aromatic rings. The molecule has 1 atom stereocenters. The molecule has 4 heterocycles. The summed E-state index contributed by atoms with van der Waals surface area (Å²) in [5.41, 5.74) is 3.47. The van der Waals surface area contributed by atoms with Crippen LogP contribution in [0.2, 0.25) is 0 Å². The molecule has 214 valence electrons. The van der Waals surface area contributed by atoms with E-state index >= 15 is 0 Å². The van der Waals surface area contributed by atoms with Gasteiger partial charge >= 0.3 is 5.97 Å². The molecule has 13 heteroatoms. The van der Waals surface area contributed by atoms with Gasteiger partial charge in [-0.05, 0) is 63.3 Å². The van der Waals surface area contributed by atoms with Crippen LogP contribution in [-0.2, 0) is 29.1 Å². The highest BCUT2D eigenvalue weighted by molar-refractivity contribution is 5.75. The quantitative estimate of drug-likeness (QED) is 0.322. The van der Waals surface area contributed by atoms with E-state index in [1.165, 1.54) is 16.8 Å². The van der Waals surface area contributed by atoms with Gasteiger partial charge in [0, 0.05) is 43.0 Å². The van der Waals surface area contributed by atoms with E-state index in [-0.39, 0.29) is 24.7 Å². The molecule has 1 aliphatic heterocycles. The minimum atomic E-state index is -0.822. The van der Waals surface area contributed by atoms with Crippen LogP contribution >= 0.6 is 0 Å². The summed E-state index contributed by atoms with van der Waals surface area (Å²) in [6.07, 6.45) is 9.07. The summed E-state index contributed by atoms with van der Waals surface area (Å²) in [7, 11) is 0. The first-order valence-corrected chi connectivity index (χ1v) is 13.6. The lowest BCUT2D eigenvalue weighted by Crippen LogP contribution is -2.24. The van der Waals surface area contributed by atoms with Crippen molar-refractivity contribution in [2.75, 3.05) is 23.3 Å². The van der Waals surface area contributed by atoms with Crippen LogP contribution in [-0.4, -0.2) is 60.0 Å². The number of benzene rings is 1. The summed E-state index contributed by atoms with van der Waals surface area (Å²) in [4.78, 5) is 31.0. The molecule has 3 aromatic heterocycles. The van der Waals surface area contributed by atoms with E-state index in [0.717, 1.165) is 53.5 Å². The highest BCUT2D eigenvalue weighted by Crippen LogP contribution is 2.30. The lowest BCUT2D eigenvalue weighted by atomic mass is 9.98. The molecule has 1 saturated heterocycles. The number of hydrogen-bond donors (Lipinski definition) is 2. The van der Waals surface area contributed by atoms with Crippen molar-refractivity contribution < 1.29 is 18.3 Å². The third-order valence-electron chi connectivity index (χ3n) is 7.44. The fourth-order valence-electron chi connectivity index (χ4n) is 5.16. The number of fused-ring (bicyclic) bond motifs is 1. The van der Waals surface area contributed by atoms with Crippen LogP contribution in [0.5, 0.6) is 0 Å². The third-order valence-corrected chi connectivity index (χ3v) is 7.44. The number of aromatic nitrogens is 7. The molecule has 1 aromatic carbocycles. The van der Waals surface area contributed by atoms with Crippen molar-refractivity contribution in [2.45, 2.75) is 58.7 Å². The number of imidazole rings is 1. The van der Waals surface area contributed by atoms with Crippen molar-refractivity contribution >= 4 is 17.9 Å². The number of aromatic amines is 1. The summed E-state index contributed by atoms with van der Waals surface area (Å²) in [5, 5.41) is 11.7. The maximum Gasteiger partial charge on any atom is 0.313 e. The summed E-state index contributed by atoms with van der Waals surface area (Å²) in [6, 6.07) is 2.51. The van der Waals surface area contributed by atoms with Crippen LogP contribution < -0.4 is 10.2 Å². The van der Waals surface area contributed by atoms with E-state index < -0.39 is 17.0 Å². The van der Waals surface area contributed by atoms with Gasteiger partial charge in [-0.3, -0.25) is 4.79 Å². The highest BCUT2D eigenvalue weighted by atomic mass is 19.2. The standard InChI is InChI=1S/C28H31F2N9O2/c1-28(2,3)25(40)41-15-39-14-24(36-37-39)16-4-5-38(13-16)27-33-12-23(35-27)19-10-31-26(32-11-19)34-20-6-17-8-21(29)22(30)9-18(17)7-20/h8-12,14,16,20H,4-7,13,15H2,1-3H3,(H,33,35)(H,31,32,34). The van der Waals surface area contributed by atoms with Gasteiger partial charge in [0.05, 0.1) is 29.2 Å². The Bertz CT molecular complexity index is 1530. The first-order chi connectivity index (χ1) is 19.6. The van der Waals surface area contributed by atoms with E-state index in [9.17, 15) is 13.6 Å². The van der Waals surface area contributed by atoms with Crippen LogP contribution in [0.4, 0.5) is 20.7 Å². The van der Waals surface area contributed by atoms with Gasteiger partial charge in [-0.25, -0.2) is 28.4 Å². The zero-order valence-electron chi connectivity index (χ0n) is 23.1. The molecule has 1 aliphatic carbocycles. The number of H-pyrrole nitrogens is 1. The van der Waals surface area contributed by atoms with Gasteiger partial charge < -0.3 is 19.9 Å². The maximum atomic E-state index is 13.6. The van der Waals surface area contributed by atoms with Gasteiger partial charge in [0.1, 0.15) is 0 Å². The lowest BCUT2D eigenvalue weighted by Gasteiger charge is -2.16. The van der Waals surface area contributed by atoms with E-state index in [4.69, 9.17) is 4.74 Å². The Hall–Kier alpha value is -4.42. The molecular formula is C28H31F2N9O2. The van der Waals surface area contributed by atoms with Gasteiger partial charge in [0.25, 0.3) is 0 Å². The van der Waals surface area contributed by atoms with Gasteiger partial charge in [-0.2, -0.15) is 0 Å². The minimum Gasteiger partial charge on any atom is -0.442 e. The average Bonchev–Trinajstić information content (AvgIpc) is 3.74. The van der Waals surface area contributed by atoms with E-state index in [1.54, 1.807) is 39.4 Å². The fourth-order valence-corrected chi connectivity index (χ4v) is 5.16. The van der Waals surface area contributed by atoms with E-state index in [1.807, 2.05) is 6.20 Å². The number of nitrogens with zero attached hydrogens (tertiary/aromatic N) is 7. The Morgan fingerprint density at radius 3 is 2.49 bits per heavy atom. The fraction of sp³-hybridized carbons (Fsp3) is 0.429. The second-order valence-electron chi connectivity index (χ2n) is 11.6. The third kappa shape index (κ3) is 5.74. The summed E-state index contributed by atoms with van der Waals surface area (Å²) >= 11 is 0. The van der Waals surface area contributed by atoms with Crippen LogP contribution in [0, 0.1) is 17.0 Å². The van der Waals surface area contributed by atoms with E-state index in [0.29, 0.717) is 18.8 Å². The normalized spacial score (nSPS) is 17.2. The average molecular weight is 564 g/mol. The predicted molar refractivity (Wildman–Crippen MR) is 146 cm³/mol. The van der Waals surface area contributed by atoms with Gasteiger partial charge in [0.2, 0.25) is 11.9 Å². The van der Waals surface area contributed by atoms with Crippen molar-refractivity contribution in [3.05, 3.63) is 65.4 Å². The predicted octanol–water partition coefficient (Wildman–Crippen LogP) is 3.86. The number of ether oxygens (including phenoxy) is 1. The van der Waals surface area contributed by atoms with Crippen molar-refractivity contribution in [2.24, 2.45) is 5.41 Å². The Morgan fingerprint density at radius 2 is 1.80 bits per heavy atom. The largest absolute Gasteiger partial charge is 0.442 e. The number of carbonyl (C=O) groups is 1. The molecule has 41 heavy (non-hydrogen) atoms. The van der Waals surface area contributed by atoms with Gasteiger partial charge in [-0.15, -0.1) is 5.10 Å². The first kappa shape index (κ1) is 26.8. The molecule has 1 unspecified atom stereocenters. The lowest BCUT2D eigenvalue weighted by molar-refractivity contribution is -0.157. The monoisotopic (exact) mass is 563 g/mol. The molecular weight excluding hydrogens is 532 g/mol. The molecule has 0 saturated carbocycles. The number of esters is 1. The smallest absolute Gasteiger partial charge is 0.313 e. The first-order valence-electron chi connectivity index (χ1n) is 13.6. The van der Waals surface area contributed by atoms with Crippen molar-refractivity contribution in [1.29, 1.82) is 0 Å². The molecule has 2 aliphatic rings. The van der Waals surface area contributed by atoms with Gasteiger partial charge in [0.15, 0.2) is 18.4 Å².